The van der Waals surface area contributed by atoms with E-state index in [-0.39, 0.29) is 17.3 Å². The van der Waals surface area contributed by atoms with Crippen LogP contribution in [0.2, 0.25) is 0 Å². The van der Waals surface area contributed by atoms with Crippen LogP contribution in [-0.2, 0) is 4.74 Å². The Morgan fingerprint density at radius 1 is 1.43 bits per heavy atom. The zero-order valence-corrected chi connectivity index (χ0v) is 12.5. The van der Waals surface area contributed by atoms with Crippen LogP contribution in [-0.4, -0.2) is 47.1 Å². The maximum Gasteiger partial charge on any atom is 0.406 e. The molecule has 0 aliphatic carbocycles. The van der Waals surface area contributed by atoms with Crippen molar-refractivity contribution >= 4 is 23.2 Å². The van der Waals surface area contributed by atoms with E-state index < -0.39 is 30.6 Å². The van der Waals surface area contributed by atoms with Crippen LogP contribution in [0.1, 0.15) is 41.1 Å². The summed E-state index contributed by atoms with van der Waals surface area (Å²) in [5.74, 6) is -1.57. The Labute approximate surface area is 123 Å². The second kappa shape index (κ2) is 6.88. The molecule has 0 saturated heterocycles. The number of hydrogen-bond acceptors (Lipinski definition) is 5. The Bertz CT molecular complexity index is 514. The molecular weight excluding hydrogens is 309 g/mol. The summed E-state index contributed by atoms with van der Waals surface area (Å²) >= 11 is 0.859. The van der Waals surface area contributed by atoms with Gasteiger partial charge in [-0.1, -0.05) is 0 Å². The fraction of sp³-hybridized carbons (Fsp3) is 0.583. The van der Waals surface area contributed by atoms with Crippen molar-refractivity contribution in [3.05, 3.63) is 16.1 Å². The molecule has 0 atom stereocenters. The summed E-state index contributed by atoms with van der Waals surface area (Å²) in [5.41, 5.74) is -0.194. The first-order valence-electron chi connectivity index (χ1n) is 6.16. The normalized spacial score (nSPS) is 11.6. The van der Waals surface area contributed by atoms with E-state index in [1.54, 1.807) is 6.92 Å². The Kier molecular flexibility index (Phi) is 5.70. The molecule has 1 aromatic rings. The minimum atomic E-state index is -4.50. The van der Waals surface area contributed by atoms with Crippen molar-refractivity contribution in [1.82, 2.24) is 9.88 Å². The molecule has 21 heavy (non-hydrogen) atoms. The van der Waals surface area contributed by atoms with Crippen molar-refractivity contribution < 1.29 is 27.5 Å². The lowest BCUT2D eigenvalue weighted by molar-refractivity contribution is -0.143. The number of aromatic nitrogens is 1. The van der Waals surface area contributed by atoms with Gasteiger partial charge < -0.3 is 9.64 Å². The van der Waals surface area contributed by atoms with Gasteiger partial charge in [-0.05, 0) is 20.8 Å². The first kappa shape index (κ1) is 17.4. The highest BCUT2D eigenvalue weighted by atomic mass is 32.1. The second-order valence-corrected chi connectivity index (χ2v) is 5.26. The third-order valence-electron chi connectivity index (χ3n) is 2.41. The minimum Gasteiger partial charge on any atom is -0.461 e. The van der Waals surface area contributed by atoms with E-state index >= 15 is 0 Å². The van der Waals surface area contributed by atoms with Crippen LogP contribution >= 0.6 is 11.3 Å². The smallest absolute Gasteiger partial charge is 0.406 e. The highest BCUT2D eigenvalue weighted by molar-refractivity contribution is 7.11. The topological polar surface area (TPSA) is 59.5 Å². The molecule has 0 spiro atoms. The standard InChI is InChI=1S/C12H15F3N2O3S/c1-4-20-11(19)9-16-8(5-21-9)10(18)17(7(2)3)6-12(13,14)15/h5,7H,4,6H2,1-3H3. The van der Waals surface area contributed by atoms with E-state index in [4.69, 9.17) is 4.74 Å². The zero-order valence-electron chi connectivity index (χ0n) is 11.7. The predicted molar refractivity (Wildman–Crippen MR) is 70.3 cm³/mol. The number of esters is 1. The van der Waals surface area contributed by atoms with Crippen molar-refractivity contribution in [2.45, 2.75) is 33.0 Å². The van der Waals surface area contributed by atoms with Crippen LogP contribution in [0.15, 0.2) is 5.38 Å². The number of amides is 1. The van der Waals surface area contributed by atoms with Gasteiger partial charge >= 0.3 is 12.1 Å². The molecule has 0 aliphatic heterocycles. The molecule has 0 unspecified atom stereocenters. The Hall–Kier alpha value is -1.64. The van der Waals surface area contributed by atoms with E-state index in [2.05, 4.69) is 4.98 Å². The molecule has 0 aliphatic rings. The van der Waals surface area contributed by atoms with Gasteiger partial charge in [0.1, 0.15) is 12.2 Å². The lowest BCUT2D eigenvalue weighted by Gasteiger charge is -2.26. The van der Waals surface area contributed by atoms with Crippen LogP contribution in [0.3, 0.4) is 0 Å². The lowest BCUT2D eigenvalue weighted by atomic mass is 10.2. The lowest BCUT2D eigenvalue weighted by Crippen LogP contribution is -2.43. The fourth-order valence-corrected chi connectivity index (χ4v) is 2.17. The number of thiazole rings is 1. The van der Waals surface area contributed by atoms with Gasteiger partial charge in [0.05, 0.1) is 6.61 Å². The van der Waals surface area contributed by atoms with Crippen LogP contribution < -0.4 is 0 Å². The summed E-state index contributed by atoms with van der Waals surface area (Å²) in [4.78, 5) is 27.9. The molecule has 0 radical (unpaired) electrons. The van der Waals surface area contributed by atoms with Crippen molar-refractivity contribution in [2.75, 3.05) is 13.2 Å². The quantitative estimate of drug-likeness (QED) is 0.782. The number of carbonyl (C=O) groups is 2. The average Bonchev–Trinajstić information content (AvgIpc) is 2.83. The largest absolute Gasteiger partial charge is 0.461 e. The molecule has 1 rings (SSSR count). The molecular formula is C12H15F3N2O3S. The van der Waals surface area contributed by atoms with Gasteiger partial charge in [-0.3, -0.25) is 4.79 Å². The number of alkyl halides is 3. The van der Waals surface area contributed by atoms with Crippen LogP contribution in [0.25, 0.3) is 0 Å². The molecule has 0 N–H and O–H groups in total. The van der Waals surface area contributed by atoms with Gasteiger partial charge in [0.15, 0.2) is 0 Å². The molecule has 0 aromatic carbocycles. The van der Waals surface area contributed by atoms with Crippen molar-refractivity contribution in [3.8, 4) is 0 Å². The van der Waals surface area contributed by atoms with Crippen LogP contribution in [0, 0.1) is 0 Å². The van der Waals surface area contributed by atoms with E-state index in [1.807, 2.05) is 0 Å². The number of nitrogens with zero attached hydrogens (tertiary/aromatic N) is 2. The van der Waals surface area contributed by atoms with Gasteiger partial charge in [-0.15, -0.1) is 11.3 Å². The van der Waals surface area contributed by atoms with Crippen molar-refractivity contribution in [1.29, 1.82) is 0 Å². The molecule has 1 amide bonds. The fourth-order valence-electron chi connectivity index (χ4n) is 1.49. The summed E-state index contributed by atoms with van der Waals surface area (Å²) in [5, 5.41) is 1.19. The number of rotatable bonds is 5. The first-order chi connectivity index (χ1) is 9.65. The number of ether oxygens (including phenoxy) is 1. The number of hydrogen-bond donors (Lipinski definition) is 0. The van der Waals surface area contributed by atoms with Crippen LogP contribution in [0.4, 0.5) is 13.2 Å². The van der Waals surface area contributed by atoms with Gasteiger partial charge in [0, 0.05) is 11.4 Å². The first-order valence-corrected chi connectivity index (χ1v) is 7.04. The molecule has 0 saturated carbocycles. The highest BCUT2D eigenvalue weighted by Gasteiger charge is 2.35. The number of carbonyl (C=O) groups excluding carboxylic acids is 2. The monoisotopic (exact) mass is 324 g/mol. The van der Waals surface area contributed by atoms with Gasteiger partial charge in [0.25, 0.3) is 5.91 Å². The average molecular weight is 324 g/mol. The third-order valence-corrected chi connectivity index (χ3v) is 3.23. The molecule has 1 aromatic heterocycles. The van der Waals surface area contributed by atoms with E-state index in [1.165, 1.54) is 19.2 Å². The van der Waals surface area contributed by atoms with Gasteiger partial charge in [-0.25, -0.2) is 9.78 Å². The van der Waals surface area contributed by atoms with Crippen molar-refractivity contribution in [3.63, 3.8) is 0 Å². The predicted octanol–water partition coefficient (Wildman–Crippen LogP) is 2.73. The summed E-state index contributed by atoms with van der Waals surface area (Å²) in [6.45, 7) is 3.34. The third kappa shape index (κ3) is 5.00. The van der Waals surface area contributed by atoms with E-state index in [0.29, 0.717) is 4.90 Å². The van der Waals surface area contributed by atoms with E-state index in [0.717, 1.165) is 11.3 Å². The molecule has 9 heteroatoms. The Morgan fingerprint density at radius 2 is 2.05 bits per heavy atom. The highest BCUT2D eigenvalue weighted by Crippen LogP contribution is 2.21. The Morgan fingerprint density at radius 3 is 2.52 bits per heavy atom. The molecule has 1 heterocycles. The van der Waals surface area contributed by atoms with Gasteiger partial charge in [0.2, 0.25) is 5.01 Å². The molecule has 5 nitrogen and oxygen atoms in total. The van der Waals surface area contributed by atoms with Gasteiger partial charge in [-0.2, -0.15) is 13.2 Å². The summed E-state index contributed by atoms with van der Waals surface area (Å²) < 4.78 is 42.2. The maximum atomic E-state index is 12.5. The number of halogens is 3. The maximum absolute atomic E-state index is 12.5. The molecule has 118 valence electrons. The summed E-state index contributed by atoms with van der Waals surface area (Å²) in [6.07, 6.45) is -4.50. The molecule has 0 fully saturated rings. The SMILES string of the molecule is CCOC(=O)c1nc(C(=O)N(CC(F)(F)F)C(C)C)cs1. The van der Waals surface area contributed by atoms with E-state index in [9.17, 15) is 22.8 Å². The Balaban J connectivity index is 2.92. The molecule has 0 bridgehead atoms. The summed E-state index contributed by atoms with van der Waals surface area (Å²) in [7, 11) is 0. The summed E-state index contributed by atoms with van der Waals surface area (Å²) in [6, 6.07) is -0.646. The zero-order chi connectivity index (χ0) is 16.2. The second-order valence-electron chi connectivity index (χ2n) is 4.40. The minimum absolute atomic E-state index is 0.0593. The van der Waals surface area contributed by atoms with Crippen molar-refractivity contribution in [2.24, 2.45) is 0 Å². The van der Waals surface area contributed by atoms with Crippen LogP contribution in [0.5, 0.6) is 0 Å².